The zero-order chi connectivity index (χ0) is 10.8. The normalized spacial score (nSPS) is 10.1. The van der Waals surface area contributed by atoms with Gasteiger partial charge in [0.15, 0.2) is 0 Å². The molecule has 3 N–H and O–H groups in total. The molecule has 2 nitrogen and oxygen atoms in total. The topological polar surface area (TPSA) is 49.9 Å². The lowest BCUT2D eigenvalue weighted by atomic mass is 10.1. The van der Waals surface area contributed by atoms with Crippen LogP contribution >= 0.6 is 23.7 Å². The summed E-state index contributed by atoms with van der Waals surface area (Å²) in [6, 6.07) is 8.48. The van der Waals surface area contributed by atoms with Gasteiger partial charge in [0.25, 0.3) is 0 Å². The Morgan fingerprint density at radius 1 is 1.38 bits per heavy atom. The van der Waals surface area contributed by atoms with Crippen molar-refractivity contribution in [3.63, 3.8) is 0 Å². The fourth-order valence-corrected chi connectivity index (χ4v) is 2.57. The number of hydrogen-bond donors (Lipinski definition) is 2. The van der Waals surface area contributed by atoms with Crippen molar-refractivity contribution in [2.45, 2.75) is 19.8 Å². The first-order chi connectivity index (χ1) is 7.20. The van der Waals surface area contributed by atoms with Gasteiger partial charge in [-0.3, -0.25) is 5.41 Å². The lowest BCUT2D eigenvalue weighted by molar-refractivity contribution is 0.924. The van der Waals surface area contributed by atoms with Crippen molar-refractivity contribution < 1.29 is 0 Å². The molecule has 0 fully saturated rings. The van der Waals surface area contributed by atoms with Crippen LogP contribution in [0.25, 0.3) is 10.1 Å². The van der Waals surface area contributed by atoms with E-state index in [2.05, 4.69) is 25.1 Å². The molecule has 4 heteroatoms. The minimum Gasteiger partial charge on any atom is -0.383 e. The molecule has 1 heterocycles. The van der Waals surface area contributed by atoms with Gasteiger partial charge in [-0.15, -0.1) is 23.7 Å². The Balaban J connectivity index is 0.00000128. The van der Waals surface area contributed by atoms with E-state index < -0.39 is 0 Å². The number of thiophene rings is 1. The summed E-state index contributed by atoms with van der Waals surface area (Å²) in [6.45, 7) is 2.18. The largest absolute Gasteiger partial charge is 0.383 e. The predicted molar refractivity (Wildman–Crippen MR) is 74.1 cm³/mol. The monoisotopic (exact) mass is 254 g/mol. The number of nitrogens with one attached hydrogen (secondary N) is 1. The molecule has 0 saturated heterocycles. The van der Waals surface area contributed by atoms with Crippen LogP contribution in [-0.2, 0) is 6.42 Å². The van der Waals surface area contributed by atoms with Gasteiger partial charge in [0.2, 0.25) is 0 Å². The second-order valence-electron chi connectivity index (χ2n) is 3.65. The van der Waals surface area contributed by atoms with Gasteiger partial charge in [-0.05, 0) is 29.5 Å². The van der Waals surface area contributed by atoms with Crippen LogP contribution < -0.4 is 5.73 Å². The Kier molecular flexibility index (Phi) is 4.33. The number of nitrogens with two attached hydrogens (primary N) is 1. The van der Waals surface area contributed by atoms with Crippen molar-refractivity contribution in [2.24, 2.45) is 5.73 Å². The van der Waals surface area contributed by atoms with Crippen molar-refractivity contribution in [1.82, 2.24) is 0 Å². The number of aryl methyl sites for hydroxylation is 1. The molecule has 0 bridgehead atoms. The van der Waals surface area contributed by atoms with Crippen LogP contribution in [0.15, 0.2) is 24.3 Å². The van der Waals surface area contributed by atoms with E-state index in [4.69, 9.17) is 11.1 Å². The van der Waals surface area contributed by atoms with E-state index in [1.54, 1.807) is 11.3 Å². The maximum Gasteiger partial charge on any atom is 0.133 e. The van der Waals surface area contributed by atoms with Crippen LogP contribution in [0.3, 0.4) is 0 Å². The van der Waals surface area contributed by atoms with Gasteiger partial charge < -0.3 is 5.73 Å². The van der Waals surface area contributed by atoms with Crippen LogP contribution in [0.2, 0.25) is 0 Å². The molecular weight excluding hydrogens is 240 g/mol. The molecule has 16 heavy (non-hydrogen) atoms. The third kappa shape index (κ3) is 2.54. The van der Waals surface area contributed by atoms with E-state index in [1.165, 1.54) is 15.6 Å². The summed E-state index contributed by atoms with van der Waals surface area (Å²) in [5.74, 6) is 0.160. The second-order valence-corrected chi connectivity index (χ2v) is 4.73. The maximum absolute atomic E-state index is 7.39. The minimum atomic E-state index is 0. The number of halogens is 1. The van der Waals surface area contributed by atoms with E-state index in [0.717, 1.165) is 17.7 Å². The molecule has 0 unspecified atom stereocenters. The number of amidine groups is 1. The minimum absolute atomic E-state index is 0. The highest BCUT2D eigenvalue weighted by Gasteiger charge is 2.04. The summed E-state index contributed by atoms with van der Waals surface area (Å²) >= 11 is 1.58. The van der Waals surface area contributed by atoms with Crippen molar-refractivity contribution in [1.29, 1.82) is 5.41 Å². The van der Waals surface area contributed by atoms with Crippen LogP contribution in [-0.4, -0.2) is 5.84 Å². The molecule has 2 aromatic rings. The molecule has 0 aliphatic heterocycles. The first kappa shape index (κ1) is 13.0. The van der Waals surface area contributed by atoms with Crippen LogP contribution in [0.5, 0.6) is 0 Å². The van der Waals surface area contributed by atoms with Crippen LogP contribution in [0, 0.1) is 5.41 Å². The lowest BCUT2D eigenvalue weighted by Gasteiger charge is -1.97. The average molecular weight is 255 g/mol. The maximum atomic E-state index is 7.39. The Labute approximate surface area is 105 Å². The zero-order valence-electron chi connectivity index (χ0n) is 9.12. The fourth-order valence-electron chi connectivity index (χ4n) is 1.67. The Morgan fingerprint density at radius 2 is 2.12 bits per heavy atom. The van der Waals surface area contributed by atoms with E-state index in [-0.39, 0.29) is 18.2 Å². The highest BCUT2D eigenvalue weighted by atomic mass is 35.5. The van der Waals surface area contributed by atoms with Crippen molar-refractivity contribution in [2.75, 3.05) is 0 Å². The van der Waals surface area contributed by atoms with Crippen molar-refractivity contribution in [3.05, 3.63) is 34.7 Å². The molecule has 0 spiro atoms. The van der Waals surface area contributed by atoms with Gasteiger partial charge in [-0.1, -0.05) is 25.5 Å². The third-order valence-electron chi connectivity index (χ3n) is 2.38. The SMILES string of the molecule is CCCc1ccc2sc(C(=N)N)cc2c1.Cl. The molecular formula is C12H15ClN2S. The van der Waals surface area contributed by atoms with Crippen LogP contribution in [0.4, 0.5) is 0 Å². The lowest BCUT2D eigenvalue weighted by Crippen LogP contribution is -2.08. The first-order valence-electron chi connectivity index (χ1n) is 5.07. The average Bonchev–Trinajstić information content (AvgIpc) is 2.61. The molecule has 0 radical (unpaired) electrons. The molecule has 0 aliphatic carbocycles. The fraction of sp³-hybridized carbons (Fsp3) is 0.250. The van der Waals surface area contributed by atoms with Gasteiger partial charge >= 0.3 is 0 Å². The molecule has 0 aliphatic rings. The Hall–Kier alpha value is -1.06. The highest BCUT2D eigenvalue weighted by molar-refractivity contribution is 7.20. The summed E-state index contributed by atoms with van der Waals surface area (Å²) < 4.78 is 1.21. The molecule has 0 saturated carbocycles. The molecule has 0 amide bonds. The number of fused-ring (bicyclic) bond motifs is 1. The summed E-state index contributed by atoms with van der Waals surface area (Å²) in [5.41, 5.74) is 6.83. The van der Waals surface area contributed by atoms with Gasteiger partial charge in [0, 0.05) is 4.70 Å². The second kappa shape index (κ2) is 5.32. The van der Waals surface area contributed by atoms with E-state index in [9.17, 15) is 0 Å². The highest BCUT2D eigenvalue weighted by Crippen LogP contribution is 2.26. The molecule has 0 atom stereocenters. The number of rotatable bonds is 3. The predicted octanol–water partition coefficient (Wildman–Crippen LogP) is 3.56. The zero-order valence-corrected chi connectivity index (χ0v) is 10.8. The standard InChI is InChI=1S/C12H14N2S.ClH/c1-2-3-8-4-5-10-9(6-8)7-11(15-10)12(13)14;/h4-7H,2-3H2,1H3,(H3,13,14);1H. The van der Waals surface area contributed by atoms with E-state index >= 15 is 0 Å². The van der Waals surface area contributed by atoms with Gasteiger partial charge in [0.1, 0.15) is 5.84 Å². The summed E-state index contributed by atoms with van der Waals surface area (Å²) in [5, 5.41) is 8.60. The molecule has 86 valence electrons. The van der Waals surface area contributed by atoms with Gasteiger partial charge in [-0.2, -0.15) is 0 Å². The van der Waals surface area contributed by atoms with E-state index in [1.807, 2.05) is 6.07 Å². The summed E-state index contributed by atoms with van der Waals surface area (Å²) in [4.78, 5) is 0.860. The third-order valence-corrected chi connectivity index (χ3v) is 3.53. The molecule has 1 aromatic heterocycles. The van der Waals surface area contributed by atoms with Gasteiger partial charge in [-0.25, -0.2) is 0 Å². The van der Waals surface area contributed by atoms with Crippen molar-refractivity contribution in [3.8, 4) is 0 Å². The van der Waals surface area contributed by atoms with Crippen molar-refractivity contribution >= 4 is 39.7 Å². The Morgan fingerprint density at radius 3 is 2.75 bits per heavy atom. The van der Waals surface area contributed by atoms with Crippen LogP contribution in [0.1, 0.15) is 23.8 Å². The molecule has 1 aromatic carbocycles. The number of hydrogen-bond acceptors (Lipinski definition) is 2. The Bertz CT molecular complexity index is 505. The summed E-state index contributed by atoms with van der Waals surface area (Å²) in [7, 11) is 0. The number of benzene rings is 1. The summed E-state index contributed by atoms with van der Waals surface area (Å²) in [6.07, 6.45) is 2.27. The molecule has 2 rings (SSSR count). The van der Waals surface area contributed by atoms with E-state index in [0.29, 0.717) is 0 Å². The smallest absolute Gasteiger partial charge is 0.133 e. The quantitative estimate of drug-likeness (QED) is 0.639. The van der Waals surface area contributed by atoms with Gasteiger partial charge in [0.05, 0.1) is 4.88 Å². The number of nitrogen functional groups attached to an aromatic ring is 1. The first-order valence-corrected chi connectivity index (χ1v) is 5.89.